The second kappa shape index (κ2) is 9.27. The van der Waals surface area contributed by atoms with Crippen LogP contribution in [-0.2, 0) is 16.0 Å². The van der Waals surface area contributed by atoms with E-state index >= 15 is 0 Å². The molecule has 1 aliphatic heterocycles. The summed E-state index contributed by atoms with van der Waals surface area (Å²) >= 11 is 0. The van der Waals surface area contributed by atoms with E-state index in [4.69, 9.17) is 5.73 Å². The van der Waals surface area contributed by atoms with E-state index < -0.39 is 0 Å². The van der Waals surface area contributed by atoms with Gasteiger partial charge >= 0.3 is 0 Å². The molecule has 6 heteroatoms. The standard InChI is InChI=1S/C22H31N3O2.ClH/c23-21-17-8-7-16(14-17)20(21)22(27)24-18-10-12-25(13-11-18)19(26)9-6-15-4-2-1-3-5-15;/h1-5,16-18,20-21H,6-14,23H2,(H,24,27);1H. The van der Waals surface area contributed by atoms with E-state index in [1.165, 1.54) is 12.0 Å². The lowest BCUT2D eigenvalue weighted by atomic mass is 9.84. The van der Waals surface area contributed by atoms with Gasteiger partial charge in [-0.05, 0) is 55.9 Å². The van der Waals surface area contributed by atoms with Crippen molar-refractivity contribution >= 4 is 24.2 Å². The largest absolute Gasteiger partial charge is 0.353 e. The molecule has 0 spiro atoms. The number of hydrogen-bond donors (Lipinski definition) is 2. The van der Waals surface area contributed by atoms with Gasteiger partial charge in [0.15, 0.2) is 0 Å². The van der Waals surface area contributed by atoms with Gasteiger partial charge in [-0.25, -0.2) is 0 Å². The highest BCUT2D eigenvalue weighted by molar-refractivity contribution is 5.85. The van der Waals surface area contributed by atoms with Gasteiger partial charge in [-0.2, -0.15) is 0 Å². The molecule has 3 N–H and O–H groups in total. The van der Waals surface area contributed by atoms with Crippen LogP contribution in [0.15, 0.2) is 30.3 Å². The first-order valence-electron chi connectivity index (χ1n) is 10.5. The molecule has 154 valence electrons. The number of hydrogen-bond acceptors (Lipinski definition) is 3. The first kappa shape index (κ1) is 21.1. The van der Waals surface area contributed by atoms with E-state index in [9.17, 15) is 9.59 Å². The van der Waals surface area contributed by atoms with E-state index in [1.54, 1.807) is 0 Å². The Balaban J connectivity index is 0.00000225. The smallest absolute Gasteiger partial charge is 0.225 e. The quantitative estimate of drug-likeness (QED) is 0.790. The van der Waals surface area contributed by atoms with Gasteiger partial charge in [0.2, 0.25) is 11.8 Å². The van der Waals surface area contributed by atoms with Crippen LogP contribution in [0.3, 0.4) is 0 Å². The molecule has 5 nitrogen and oxygen atoms in total. The van der Waals surface area contributed by atoms with Crippen LogP contribution in [0.2, 0.25) is 0 Å². The molecule has 2 aliphatic carbocycles. The number of amides is 2. The van der Waals surface area contributed by atoms with Crippen molar-refractivity contribution in [1.29, 1.82) is 0 Å². The highest BCUT2D eigenvalue weighted by Gasteiger charge is 2.49. The van der Waals surface area contributed by atoms with Gasteiger partial charge in [-0.1, -0.05) is 30.3 Å². The Morgan fingerprint density at radius 3 is 2.36 bits per heavy atom. The number of fused-ring (bicyclic) bond motifs is 2. The molecule has 0 aromatic heterocycles. The molecular weight excluding hydrogens is 374 g/mol. The fourth-order valence-corrected chi connectivity index (χ4v) is 5.35. The normalized spacial score (nSPS) is 29.4. The molecule has 4 unspecified atom stereocenters. The lowest BCUT2D eigenvalue weighted by Gasteiger charge is -2.34. The number of piperidine rings is 1. The summed E-state index contributed by atoms with van der Waals surface area (Å²) in [5, 5.41) is 3.24. The van der Waals surface area contributed by atoms with Crippen molar-refractivity contribution in [2.75, 3.05) is 13.1 Å². The Kier molecular flexibility index (Phi) is 7.00. The SMILES string of the molecule is Cl.NC1C2CCC(C2)C1C(=O)NC1CCN(C(=O)CCc2ccccc2)CC1. The van der Waals surface area contributed by atoms with E-state index in [-0.39, 0.29) is 42.2 Å². The zero-order chi connectivity index (χ0) is 18.8. The predicted octanol–water partition coefficient (Wildman–Crippen LogP) is 2.52. The number of nitrogens with one attached hydrogen (secondary N) is 1. The third-order valence-corrected chi connectivity index (χ3v) is 6.95. The van der Waals surface area contributed by atoms with E-state index in [2.05, 4.69) is 17.4 Å². The van der Waals surface area contributed by atoms with Gasteiger partial charge in [-0.3, -0.25) is 9.59 Å². The summed E-state index contributed by atoms with van der Waals surface area (Å²) in [6, 6.07) is 10.4. The summed E-state index contributed by atoms with van der Waals surface area (Å²) in [6.45, 7) is 1.47. The number of nitrogens with two attached hydrogens (primary N) is 1. The maximum atomic E-state index is 12.7. The van der Waals surface area contributed by atoms with E-state index in [0.29, 0.717) is 18.3 Å². The molecule has 2 amide bonds. The summed E-state index contributed by atoms with van der Waals surface area (Å²) in [7, 11) is 0. The Hall–Kier alpha value is -1.59. The van der Waals surface area contributed by atoms with Crippen molar-refractivity contribution in [2.45, 2.75) is 57.0 Å². The summed E-state index contributed by atoms with van der Waals surface area (Å²) < 4.78 is 0. The average Bonchev–Trinajstić information content (AvgIpc) is 3.28. The summed E-state index contributed by atoms with van der Waals surface area (Å²) in [5.74, 6) is 1.43. The number of benzene rings is 1. The topological polar surface area (TPSA) is 75.4 Å². The molecule has 3 aliphatic rings. The molecule has 4 rings (SSSR count). The van der Waals surface area contributed by atoms with Crippen molar-refractivity contribution in [3.05, 3.63) is 35.9 Å². The minimum Gasteiger partial charge on any atom is -0.353 e. The fourth-order valence-electron chi connectivity index (χ4n) is 5.35. The number of rotatable bonds is 5. The second-order valence-corrected chi connectivity index (χ2v) is 8.59. The molecule has 28 heavy (non-hydrogen) atoms. The molecule has 1 saturated heterocycles. The van der Waals surface area contributed by atoms with Gasteiger partial charge in [0.25, 0.3) is 0 Å². The molecule has 0 radical (unpaired) electrons. The second-order valence-electron chi connectivity index (χ2n) is 8.59. The highest BCUT2D eigenvalue weighted by atomic mass is 35.5. The van der Waals surface area contributed by atoms with E-state index in [0.717, 1.165) is 45.2 Å². The van der Waals surface area contributed by atoms with Crippen LogP contribution in [0.25, 0.3) is 0 Å². The molecule has 3 fully saturated rings. The van der Waals surface area contributed by atoms with Gasteiger partial charge in [0.1, 0.15) is 0 Å². The van der Waals surface area contributed by atoms with Crippen molar-refractivity contribution in [3.8, 4) is 0 Å². The minimum atomic E-state index is 0. The zero-order valence-corrected chi connectivity index (χ0v) is 17.2. The molecule has 1 heterocycles. The van der Waals surface area contributed by atoms with Crippen LogP contribution >= 0.6 is 12.4 Å². The van der Waals surface area contributed by atoms with Crippen LogP contribution < -0.4 is 11.1 Å². The van der Waals surface area contributed by atoms with Crippen LogP contribution in [-0.4, -0.2) is 41.9 Å². The van der Waals surface area contributed by atoms with Crippen molar-refractivity contribution in [2.24, 2.45) is 23.5 Å². The average molecular weight is 406 g/mol. The monoisotopic (exact) mass is 405 g/mol. The summed E-state index contributed by atoms with van der Waals surface area (Å²) in [6.07, 6.45) is 6.52. The number of aryl methyl sites for hydroxylation is 1. The Labute approximate surface area is 173 Å². The third-order valence-electron chi connectivity index (χ3n) is 6.95. The van der Waals surface area contributed by atoms with E-state index in [1.807, 2.05) is 23.1 Å². The van der Waals surface area contributed by atoms with Gasteiger partial charge in [0.05, 0.1) is 5.92 Å². The van der Waals surface area contributed by atoms with Crippen molar-refractivity contribution in [1.82, 2.24) is 10.2 Å². The van der Waals surface area contributed by atoms with Crippen LogP contribution in [0, 0.1) is 17.8 Å². The Morgan fingerprint density at radius 1 is 1.04 bits per heavy atom. The number of likely N-dealkylation sites (tertiary alicyclic amines) is 1. The number of carbonyl (C=O) groups is 2. The number of halogens is 1. The van der Waals surface area contributed by atoms with Crippen LogP contribution in [0.5, 0.6) is 0 Å². The van der Waals surface area contributed by atoms with Crippen LogP contribution in [0.1, 0.15) is 44.1 Å². The Bertz CT molecular complexity index is 674. The van der Waals surface area contributed by atoms with Gasteiger partial charge < -0.3 is 16.0 Å². The zero-order valence-electron chi connectivity index (χ0n) is 16.4. The molecule has 2 bridgehead atoms. The third kappa shape index (κ3) is 4.52. The van der Waals surface area contributed by atoms with Crippen LogP contribution in [0.4, 0.5) is 0 Å². The van der Waals surface area contributed by atoms with Gasteiger partial charge in [-0.15, -0.1) is 12.4 Å². The fraction of sp³-hybridized carbons (Fsp3) is 0.636. The highest BCUT2D eigenvalue weighted by Crippen LogP contribution is 2.47. The van der Waals surface area contributed by atoms with Crippen molar-refractivity contribution < 1.29 is 9.59 Å². The van der Waals surface area contributed by atoms with Gasteiger partial charge in [0, 0.05) is 31.6 Å². The maximum absolute atomic E-state index is 12.7. The maximum Gasteiger partial charge on any atom is 0.225 e. The Morgan fingerprint density at radius 2 is 1.71 bits per heavy atom. The van der Waals surface area contributed by atoms with Crippen molar-refractivity contribution in [3.63, 3.8) is 0 Å². The molecular formula is C22H32ClN3O2. The molecule has 1 aromatic rings. The summed E-state index contributed by atoms with van der Waals surface area (Å²) in [5.41, 5.74) is 7.50. The first-order chi connectivity index (χ1) is 13.1. The summed E-state index contributed by atoms with van der Waals surface area (Å²) in [4.78, 5) is 27.1. The molecule has 2 saturated carbocycles. The predicted molar refractivity (Wildman–Crippen MR) is 112 cm³/mol. The number of nitrogens with zero attached hydrogens (tertiary/aromatic N) is 1. The minimum absolute atomic E-state index is 0. The first-order valence-corrected chi connectivity index (χ1v) is 10.5. The molecule has 4 atom stereocenters. The lowest BCUT2D eigenvalue weighted by Crippen LogP contribution is -2.51. The lowest BCUT2D eigenvalue weighted by molar-refractivity contribution is -0.132. The molecule has 1 aromatic carbocycles. The number of carbonyl (C=O) groups excluding carboxylic acids is 2.